The van der Waals surface area contributed by atoms with E-state index in [1.807, 2.05) is 13.8 Å². The summed E-state index contributed by atoms with van der Waals surface area (Å²) in [7, 11) is 0. The van der Waals surface area contributed by atoms with E-state index in [9.17, 15) is 22.8 Å². The zero-order valence-corrected chi connectivity index (χ0v) is 12.1. The monoisotopic (exact) mass is 298 g/mol. The van der Waals surface area contributed by atoms with E-state index in [0.717, 1.165) is 6.92 Å². The average molecular weight is 298 g/mol. The summed E-state index contributed by atoms with van der Waals surface area (Å²) in [6.45, 7) is 6.41. The van der Waals surface area contributed by atoms with Crippen LogP contribution in [0.2, 0.25) is 0 Å². The van der Waals surface area contributed by atoms with Crippen LogP contribution in [-0.4, -0.2) is 30.3 Å². The molecular weight excluding hydrogens is 277 g/mol. The lowest BCUT2D eigenvalue weighted by atomic mass is 10.1. The Hall–Kier alpha value is -1.27. The molecule has 0 heterocycles. The predicted octanol–water partition coefficient (Wildman–Crippen LogP) is 3.24. The normalized spacial score (nSPS) is 14.8. The lowest BCUT2D eigenvalue weighted by molar-refractivity contribution is -0.216. The van der Waals surface area contributed by atoms with Gasteiger partial charge in [-0.3, -0.25) is 9.59 Å². The minimum absolute atomic E-state index is 0.285. The summed E-state index contributed by atoms with van der Waals surface area (Å²) in [6, 6.07) is 0. The van der Waals surface area contributed by atoms with Crippen molar-refractivity contribution in [3.63, 3.8) is 0 Å². The first-order valence-electron chi connectivity index (χ1n) is 6.48. The van der Waals surface area contributed by atoms with Crippen molar-refractivity contribution in [2.75, 3.05) is 0 Å². The van der Waals surface area contributed by atoms with Gasteiger partial charge in [0.1, 0.15) is 0 Å². The summed E-state index contributed by atoms with van der Waals surface area (Å²) in [5, 5.41) is 0. The Labute approximate surface area is 116 Å². The number of esters is 2. The molecule has 0 fully saturated rings. The molecule has 0 amide bonds. The van der Waals surface area contributed by atoms with Crippen LogP contribution in [0.4, 0.5) is 13.2 Å². The second-order valence-corrected chi connectivity index (χ2v) is 5.10. The Morgan fingerprint density at radius 2 is 1.40 bits per heavy atom. The fourth-order valence-electron chi connectivity index (χ4n) is 1.52. The lowest BCUT2D eigenvalue weighted by Crippen LogP contribution is -2.31. The van der Waals surface area contributed by atoms with E-state index in [2.05, 4.69) is 4.74 Å². The molecule has 20 heavy (non-hydrogen) atoms. The van der Waals surface area contributed by atoms with Gasteiger partial charge in [-0.25, -0.2) is 0 Å². The van der Waals surface area contributed by atoms with E-state index in [4.69, 9.17) is 4.74 Å². The van der Waals surface area contributed by atoms with E-state index in [1.54, 1.807) is 6.92 Å². The van der Waals surface area contributed by atoms with Crippen molar-refractivity contribution in [3.8, 4) is 0 Å². The molecule has 0 N–H and O–H groups in total. The highest BCUT2D eigenvalue weighted by atomic mass is 19.4. The van der Waals surface area contributed by atoms with Crippen molar-refractivity contribution in [2.24, 2.45) is 5.92 Å². The summed E-state index contributed by atoms with van der Waals surface area (Å²) in [5.41, 5.74) is 0. The number of hydrogen-bond donors (Lipinski definition) is 0. The molecule has 0 aliphatic heterocycles. The number of halogens is 3. The van der Waals surface area contributed by atoms with E-state index >= 15 is 0 Å². The van der Waals surface area contributed by atoms with E-state index in [-0.39, 0.29) is 12.5 Å². The molecule has 118 valence electrons. The average Bonchev–Trinajstić information content (AvgIpc) is 2.23. The number of carbonyl (C=O) groups is 2. The summed E-state index contributed by atoms with van der Waals surface area (Å²) in [4.78, 5) is 22.5. The molecule has 0 saturated heterocycles. The molecule has 0 aromatic heterocycles. The first kappa shape index (κ1) is 18.7. The first-order chi connectivity index (χ1) is 9.02. The van der Waals surface area contributed by atoms with Crippen LogP contribution in [0.5, 0.6) is 0 Å². The van der Waals surface area contributed by atoms with Crippen LogP contribution in [0.25, 0.3) is 0 Å². The van der Waals surface area contributed by atoms with Crippen molar-refractivity contribution in [1.82, 2.24) is 0 Å². The molecule has 0 aliphatic carbocycles. The Morgan fingerprint density at radius 1 is 0.950 bits per heavy atom. The first-order valence-corrected chi connectivity index (χ1v) is 6.48. The highest BCUT2D eigenvalue weighted by molar-refractivity contribution is 5.77. The standard InChI is InChI=1S/C13H21F3O4/c1-8(2)7-9(3)19-11(17)5-6-12(18)20-10(4)13(14,15)16/h8-10H,5-7H2,1-4H3. The van der Waals surface area contributed by atoms with Crippen molar-refractivity contribution >= 4 is 11.9 Å². The van der Waals surface area contributed by atoms with Gasteiger partial charge in [-0.05, 0) is 26.2 Å². The Morgan fingerprint density at radius 3 is 1.80 bits per heavy atom. The molecule has 2 unspecified atom stereocenters. The molecule has 2 atom stereocenters. The zero-order chi connectivity index (χ0) is 15.9. The summed E-state index contributed by atoms with van der Waals surface area (Å²) < 4.78 is 45.6. The number of alkyl halides is 3. The molecule has 4 nitrogen and oxygen atoms in total. The Bertz CT molecular complexity index is 326. The van der Waals surface area contributed by atoms with E-state index in [1.165, 1.54) is 0 Å². The van der Waals surface area contributed by atoms with Crippen molar-refractivity contribution in [1.29, 1.82) is 0 Å². The van der Waals surface area contributed by atoms with Crippen LogP contribution in [0.3, 0.4) is 0 Å². The van der Waals surface area contributed by atoms with Crippen LogP contribution in [0, 0.1) is 5.92 Å². The Balaban J connectivity index is 3.98. The third-order valence-electron chi connectivity index (χ3n) is 2.44. The van der Waals surface area contributed by atoms with Crippen LogP contribution < -0.4 is 0 Å². The second kappa shape index (κ2) is 8.11. The number of ether oxygens (including phenoxy) is 2. The zero-order valence-electron chi connectivity index (χ0n) is 12.1. The van der Waals surface area contributed by atoms with Gasteiger partial charge in [-0.1, -0.05) is 13.8 Å². The molecule has 0 spiro atoms. The molecule has 0 aromatic carbocycles. The van der Waals surface area contributed by atoms with Gasteiger partial charge in [0.25, 0.3) is 0 Å². The van der Waals surface area contributed by atoms with E-state index < -0.39 is 30.6 Å². The second-order valence-electron chi connectivity index (χ2n) is 5.10. The molecule has 0 aromatic rings. The molecular formula is C13H21F3O4. The number of rotatable bonds is 7. The third kappa shape index (κ3) is 8.77. The molecule has 0 saturated carbocycles. The quantitative estimate of drug-likeness (QED) is 0.677. The van der Waals surface area contributed by atoms with Crippen molar-refractivity contribution in [2.45, 2.75) is 65.3 Å². The molecule has 7 heteroatoms. The van der Waals surface area contributed by atoms with Crippen molar-refractivity contribution < 1.29 is 32.2 Å². The highest BCUT2D eigenvalue weighted by Gasteiger charge is 2.39. The van der Waals surface area contributed by atoms with Gasteiger partial charge in [0.05, 0.1) is 18.9 Å². The minimum atomic E-state index is -4.60. The molecule has 0 radical (unpaired) electrons. The van der Waals surface area contributed by atoms with Crippen LogP contribution in [0.1, 0.15) is 47.0 Å². The van der Waals surface area contributed by atoms with Gasteiger partial charge in [0.2, 0.25) is 0 Å². The van der Waals surface area contributed by atoms with Gasteiger partial charge >= 0.3 is 18.1 Å². The fraction of sp³-hybridized carbons (Fsp3) is 0.846. The van der Waals surface area contributed by atoms with Gasteiger partial charge in [0, 0.05) is 0 Å². The van der Waals surface area contributed by atoms with Gasteiger partial charge < -0.3 is 9.47 Å². The maximum Gasteiger partial charge on any atom is 0.425 e. The summed E-state index contributed by atoms with van der Waals surface area (Å²) >= 11 is 0. The highest BCUT2D eigenvalue weighted by Crippen LogP contribution is 2.22. The summed E-state index contributed by atoms with van der Waals surface area (Å²) in [5.74, 6) is -1.33. The largest absolute Gasteiger partial charge is 0.463 e. The minimum Gasteiger partial charge on any atom is -0.463 e. The maximum atomic E-state index is 12.1. The molecule has 0 rings (SSSR count). The lowest BCUT2D eigenvalue weighted by Gasteiger charge is -2.17. The van der Waals surface area contributed by atoms with Crippen LogP contribution >= 0.6 is 0 Å². The van der Waals surface area contributed by atoms with Crippen molar-refractivity contribution in [3.05, 3.63) is 0 Å². The van der Waals surface area contributed by atoms with Gasteiger partial charge in [-0.15, -0.1) is 0 Å². The SMILES string of the molecule is CC(C)CC(C)OC(=O)CCC(=O)OC(C)C(F)(F)F. The van der Waals surface area contributed by atoms with Crippen LogP contribution in [0.15, 0.2) is 0 Å². The molecule has 0 aliphatic rings. The van der Waals surface area contributed by atoms with Gasteiger partial charge in [0.15, 0.2) is 6.10 Å². The van der Waals surface area contributed by atoms with E-state index in [0.29, 0.717) is 12.3 Å². The number of hydrogen-bond acceptors (Lipinski definition) is 4. The topological polar surface area (TPSA) is 52.6 Å². The smallest absolute Gasteiger partial charge is 0.425 e. The predicted molar refractivity (Wildman–Crippen MR) is 65.9 cm³/mol. The third-order valence-corrected chi connectivity index (χ3v) is 2.44. The fourth-order valence-corrected chi connectivity index (χ4v) is 1.52. The number of carbonyl (C=O) groups excluding carboxylic acids is 2. The summed E-state index contributed by atoms with van der Waals surface area (Å²) in [6.07, 6.45) is -7.08. The van der Waals surface area contributed by atoms with Crippen LogP contribution in [-0.2, 0) is 19.1 Å². The Kier molecular flexibility index (Phi) is 7.60. The maximum absolute atomic E-state index is 12.1. The van der Waals surface area contributed by atoms with Gasteiger partial charge in [-0.2, -0.15) is 13.2 Å². The molecule has 0 bridgehead atoms.